The molecule has 0 unspecified atom stereocenters. The van der Waals surface area contributed by atoms with Crippen molar-refractivity contribution in [1.82, 2.24) is 15.0 Å². The van der Waals surface area contributed by atoms with E-state index >= 15 is 0 Å². The highest BCUT2D eigenvalue weighted by molar-refractivity contribution is 9.10. The first-order chi connectivity index (χ1) is 14.2. The molecule has 5 nitrogen and oxygen atoms in total. The van der Waals surface area contributed by atoms with Gasteiger partial charge in [-0.25, -0.2) is 9.97 Å². The molecular weight excluding hydrogens is 426 g/mol. The van der Waals surface area contributed by atoms with Crippen LogP contribution in [0.25, 0.3) is 22.6 Å². The van der Waals surface area contributed by atoms with E-state index in [1.165, 1.54) is 0 Å². The van der Waals surface area contributed by atoms with Gasteiger partial charge in [0.05, 0.1) is 11.9 Å². The first kappa shape index (κ1) is 19.0. The fraction of sp³-hybridized carbons (Fsp3) is 0.0435. The van der Waals surface area contributed by atoms with Gasteiger partial charge in [0.1, 0.15) is 0 Å². The maximum absolute atomic E-state index is 4.79. The molecule has 0 radical (unpaired) electrons. The zero-order valence-corrected chi connectivity index (χ0v) is 17.4. The van der Waals surface area contributed by atoms with Crippen molar-refractivity contribution in [2.75, 3.05) is 12.1 Å². The molecule has 0 aliphatic rings. The summed E-state index contributed by atoms with van der Waals surface area (Å²) >= 11 is 3.48. The lowest BCUT2D eigenvalue weighted by Gasteiger charge is -2.15. The van der Waals surface area contributed by atoms with Gasteiger partial charge in [-0.1, -0.05) is 64.5 Å². The molecule has 0 atom stereocenters. The van der Waals surface area contributed by atoms with E-state index in [0.717, 1.165) is 26.9 Å². The number of halogens is 1. The second kappa shape index (κ2) is 8.75. The quantitative estimate of drug-likeness (QED) is 0.304. The van der Waals surface area contributed by atoms with E-state index in [9.17, 15) is 0 Å². The number of anilines is 1. The van der Waals surface area contributed by atoms with Gasteiger partial charge in [0.25, 0.3) is 0 Å². The fourth-order valence-corrected chi connectivity index (χ4v) is 3.01. The first-order valence-electron chi connectivity index (χ1n) is 9.07. The maximum atomic E-state index is 4.79. The summed E-state index contributed by atoms with van der Waals surface area (Å²) in [6, 6.07) is 23.8. The van der Waals surface area contributed by atoms with Crippen molar-refractivity contribution >= 4 is 28.0 Å². The lowest BCUT2D eigenvalue weighted by molar-refractivity contribution is 0.972. The zero-order chi connectivity index (χ0) is 20.1. The Hall–Kier alpha value is -3.38. The van der Waals surface area contributed by atoms with Gasteiger partial charge in [-0.3, -0.25) is 9.99 Å². The van der Waals surface area contributed by atoms with E-state index in [1.807, 2.05) is 79.8 Å². The van der Waals surface area contributed by atoms with Crippen molar-refractivity contribution in [3.8, 4) is 22.6 Å². The summed E-state index contributed by atoms with van der Waals surface area (Å²) in [6.45, 7) is 0. The molecule has 2 heterocycles. The molecule has 0 saturated heterocycles. The van der Waals surface area contributed by atoms with E-state index in [-0.39, 0.29) is 0 Å². The van der Waals surface area contributed by atoms with Crippen LogP contribution in [0, 0.1) is 0 Å². The van der Waals surface area contributed by atoms with Crippen LogP contribution in [0.5, 0.6) is 0 Å². The highest BCUT2D eigenvalue weighted by Gasteiger charge is 2.11. The van der Waals surface area contributed by atoms with Crippen molar-refractivity contribution in [2.24, 2.45) is 5.10 Å². The summed E-state index contributed by atoms with van der Waals surface area (Å²) in [5.41, 5.74) is 3.73. The van der Waals surface area contributed by atoms with E-state index in [2.05, 4.69) is 26.0 Å². The molecule has 0 amide bonds. The predicted octanol–water partition coefficient (Wildman–Crippen LogP) is 5.44. The Labute approximate surface area is 177 Å². The van der Waals surface area contributed by atoms with E-state index in [4.69, 9.17) is 9.97 Å². The van der Waals surface area contributed by atoms with Crippen LogP contribution in [0.2, 0.25) is 0 Å². The maximum Gasteiger partial charge on any atom is 0.162 e. The Morgan fingerprint density at radius 2 is 1.69 bits per heavy atom. The molecular formula is C23H18BrN5. The van der Waals surface area contributed by atoms with Crippen LogP contribution in [-0.4, -0.2) is 28.2 Å². The highest BCUT2D eigenvalue weighted by atomic mass is 79.9. The van der Waals surface area contributed by atoms with Gasteiger partial charge in [0.2, 0.25) is 0 Å². The second-order valence-electron chi connectivity index (χ2n) is 6.36. The Morgan fingerprint density at radius 1 is 0.897 bits per heavy atom. The Kier molecular flexibility index (Phi) is 5.72. The lowest BCUT2D eigenvalue weighted by Crippen LogP contribution is -2.12. The van der Waals surface area contributed by atoms with Gasteiger partial charge < -0.3 is 0 Å². The van der Waals surface area contributed by atoms with Crippen LogP contribution in [-0.2, 0) is 0 Å². The summed E-state index contributed by atoms with van der Waals surface area (Å²) in [5.74, 6) is 1.36. The summed E-state index contributed by atoms with van der Waals surface area (Å²) in [7, 11) is 1.87. The SMILES string of the molecule is CN(/N=C/c1cccnc1)c1cc(-c2ccccc2)nc(-c2ccc(Br)cc2)n1. The normalized spacial score (nSPS) is 11.0. The smallest absolute Gasteiger partial charge is 0.162 e. The van der Waals surface area contributed by atoms with Crippen LogP contribution < -0.4 is 5.01 Å². The number of benzene rings is 2. The van der Waals surface area contributed by atoms with E-state index < -0.39 is 0 Å². The minimum absolute atomic E-state index is 0.650. The third-order valence-electron chi connectivity index (χ3n) is 4.28. The molecule has 0 fully saturated rings. The van der Waals surface area contributed by atoms with Crippen LogP contribution in [0.1, 0.15) is 5.56 Å². The van der Waals surface area contributed by atoms with Gasteiger partial charge >= 0.3 is 0 Å². The zero-order valence-electron chi connectivity index (χ0n) is 15.8. The standard InChI is InChI=1S/C23H18BrN5/c1-29(26-16-17-6-5-13-25-15-17)22-14-21(18-7-3-2-4-8-18)27-23(28-22)19-9-11-20(24)12-10-19/h2-16H,1H3/b26-16+. The molecule has 0 aliphatic carbocycles. The largest absolute Gasteiger partial charge is 0.264 e. The lowest BCUT2D eigenvalue weighted by atomic mass is 10.1. The molecule has 0 N–H and O–H groups in total. The highest BCUT2D eigenvalue weighted by Crippen LogP contribution is 2.26. The van der Waals surface area contributed by atoms with Crippen molar-refractivity contribution < 1.29 is 0 Å². The number of hydrazone groups is 1. The predicted molar refractivity (Wildman–Crippen MR) is 121 cm³/mol. The number of pyridine rings is 1. The van der Waals surface area contributed by atoms with Gasteiger partial charge in [-0.2, -0.15) is 5.10 Å². The topological polar surface area (TPSA) is 54.3 Å². The molecule has 6 heteroatoms. The minimum atomic E-state index is 0.650. The molecule has 0 saturated carbocycles. The minimum Gasteiger partial charge on any atom is -0.264 e. The van der Waals surface area contributed by atoms with Crippen molar-refractivity contribution in [2.45, 2.75) is 0 Å². The van der Waals surface area contributed by atoms with E-state index in [0.29, 0.717) is 11.6 Å². The monoisotopic (exact) mass is 443 g/mol. The Bertz CT molecular complexity index is 1110. The molecule has 2 aromatic heterocycles. The average Bonchev–Trinajstić information content (AvgIpc) is 2.79. The van der Waals surface area contributed by atoms with Gasteiger partial charge in [0.15, 0.2) is 11.6 Å². The van der Waals surface area contributed by atoms with Crippen LogP contribution in [0.4, 0.5) is 5.82 Å². The number of aromatic nitrogens is 3. The van der Waals surface area contributed by atoms with Crippen LogP contribution in [0.15, 0.2) is 94.8 Å². The fourth-order valence-electron chi connectivity index (χ4n) is 2.75. The number of hydrogen-bond donors (Lipinski definition) is 0. The summed E-state index contributed by atoms with van der Waals surface area (Å²) < 4.78 is 1.01. The van der Waals surface area contributed by atoms with Crippen molar-refractivity contribution in [1.29, 1.82) is 0 Å². The molecule has 142 valence electrons. The Balaban J connectivity index is 1.75. The molecule has 4 aromatic rings. The number of rotatable bonds is 5. The Morgan fingerprint density at radius 3 is 2.41 bits per heavy atom. The number of nitrogens with zero attached hydrogens (tertiary/aromatic N) is 5. The average molecular weight is 444 g/mol. The molecule has 0 bridgehead atoms. The van der Waals surface area contributed by atoms with Gasteiger partial charge in [-0.05, 0) is 18.2 Å². The third kappa shape index (κ3) is 4.73. The van der Waals surface area contributed by atoms with Gasteiger partial charge in [-0.15, -0.1) is 0 Å². The molecule has 0 aliphatic heterocycles. The van der Waals surface area contributed by atoms with Crippen molar-refractivity contribution in [3.63, 3.8) is 0 Å². The summed E-state index contributed by atoms with van der Waals surface area (Å²) in [4.78, 5) is 13.6. The van der Waals surface area contributed by atoms with Gasteiger partial charge in [0, 0.05) is 46.7 Å². The van der Waals surface area contributed by atoms with Crippen LogP contribution >= 0.6 is 15.9 Å². The molecule has 2 aromatic carbocycles. The summed E-state index contributed by atoms with van der Waals surface area (Å²) in [5, 5.41) is 6.26. The molecule has 29 heavy (non-hydrogen) atoms. The van der Waals surface area contributed by atoms with Crippen LogP contribution in [0.3, 0.4) is 0 Å². The van der Waals surface area contributed by atoms with Crippen molar-refractivity contribution in [3.05, 3.63) is 95.2 Å². The molecule has 0 spiro atoms. The molecule has 4 rings (SSSR count). The van der Waals surface area contributed by atoms with E-state index in [1.54, 1.807) is 23.6 Å². The first-order valence-corrected chi connectivity index (χ1v) is 9.86. The summed E-state index contributed by atoms with van der Waals surface area (Å²) in [6.07, 6.45) is 5.26. The number of hydrogen-bond acceptors (Lipinski definition) is 5. The second-order valence-corrected chi connectivity index (χ2v) is 7.28. The third-order valence-corrected chi connectivity index (χ3v) is 4.81.